The molecule has 3 rings (SSSR count). The molecule has 1 amide bonds. The highest BCUT2D eigenvalue weighted by Crippen LogP contribution is 2.24. The van der Waals surface area contributed by atoms with Crippen LogP contribution in [-0.4, -0.2) is 48.0 Å². The molecule has 0 radical (unpaired) electrons. The number of sulfonamides is 1. The number of rotatable bonds is 8. The molecule has 0 aliphatic rings. The first-order valence-corrected chi connectivity index (χ1v) is 12.1. The molecule has 2 aromatic carbocycles. The van der Waals surface area contributed by atoms with Gasteiger partial charge < -0.3 is 5.32 Å². The van der Waals surface area contributed by atoms with Crippen molar-refractivity contribution < 1.29 is 13.2 Å². The van der Waals surface area contributed by atoms with Crippen LogP contribution in [0.2, 0.25) is 0 Å². The van der Waals surface area contributed by atoms with Crippen molar-refractivity contribution >= 4 is 27.7 Å². The second-order valence-corrected chi connectivity index (χ2v) is 10.4. The van der Waals surface area contributed by atoms with Gasteiger partial charge in [-0.3, -0.25) is 9.36 Å². The number of aromatic nitrogens is 2. The van der Waals surface area contributed by atoms with Crippen molar-refractivity contribution in [2.45, 2.75) is 30.4 Å². The lowest BCUT2D eigenvalue weighted by molar-refractivity contribution is -0.118. The molecule has 0 fully saturated rings. The molecule has 7 nitrogen and oxygen atoms in total. The monoisotopic (exact) mass is 458 g/mol. The molecular weight excluding hydrogens is 432 g/mol. The average molecular weight is 459 g/mol. The standard InChI is InChI=1S/C22H26N4O3S2/c1-16-9-10-17(2)19(13-16)26-12-11-23-22(26)30-15-21(27)24-14-18-7-5-6-8-20(18)31(28,29)25(3)4/h5-13H,14-15H2,1-4H3,(H,24,27). The summed E-state index contributed by atoms with van der Waals surface area (Å²) in [4.78, 5) is 17.0. The van der Waals surface area contributed by atoms with E-state index in [-0.39, 0.29) is 23.1 Å². The van der Waals surface area contributed by atoms with E-state index in [4.69, 9.17) is 0 Å². The van der Waals surface area contributed by atoms with Crippen molar-refractivity contribution in [1.29, 1.82) is 0 Å². The van der Waals surface area contributed by atoms with Crippen LogP contribution in [0.1, 0.15) is 16.7 Å². The van der Waals surface area contributed by atoms with Crippen LogP contribution in [-0.2, 0) is 21.4 Å². The minimum absolute atomic E-state index is 0.133. The van der Waals surface area contributed by atoms with Crippen molar-refractivity contribution in [1.82, 2.24) is 19.2 Å². The Kier molecular flexibility index (Phi) is 7.19. The molecule has 0 atom stereocenters. The Morgan fingerprint density at radius 3 is 2.65 bits per heavy atom. The van der Waals surface area contributed by atoms with Crippen LogP contribution in [0.15, 0.2) is 64.9 Å². The minimum atomic E-state index is -3.58. The number of hydrogen-bond donors (Lipinski definition) is 1. The quantitative estimate of drug-likeness (QED) is 0.524. The van der Waals surface area contributed by atoms with Gasteiger partial charge in [0.15, 0.2) is 5.16 Å². The number of benzene rings is 2. The highest BCUT2D eigenvalue weighted by Gasteiger charge is 2.21. The van der Waals surface area contributed by atoms with Gasteiger partial charge in [0.1, 0.15) is 0 Å². The maximum Gasteiger partial charge on any atom is 0.242 e. The molecule has 31 heavy (non-hydrogen) atoms. The second-order valence-electron chi connectivity index (χ2n) is 7.33. The summed E-state index contributed by atoms with van der Waals surface area (Å²) < 4.78 is 28.1. The Hall–Kier alpha value is -2.62. The average Bonchev–Trinajstić information content (AvgIpc) is 3.21. The van der Waals surface area contributed by atoms with Gasteiger partial charge in [-0.15, -0.1) is 0 Å². The van der Waals surface area contributed by atoms with Crippen molar-refractivity contribution in [2.75, 3.05) is 19.8 Å². The van der Waals surface area contributed by atoms with Crippen LogP contribution in [0.25, 0.3) is 5.69 Å². The Morgan fingerprint density at radius 1 is 1.16 bits per heavy atom. The zero-order valence-corrected chi connectivity index (χ0v) is 19.6. The van der Waals surface area contributed by atoms with E-state index in [1.807, 2.05) is 24.6 Å². The normalized spacial score (nSPS) is 11.6. The molecule has 164 valence electrons. The van der Waals surface area contributed by atoms with E-state index in [1.165, 1.54) is 25.9 Å². The van der Waals surface area contributed by atoms with Gasteiger partial charge in [0, 0.05) is 33.0 Å². The van der Waals surface area contributed by atoms with Gasteiger partial charge in [-0.05, 0) is 42.7 Å². The third-order valence-corrected chi connectivity index (χ3v) is 7.65. The van der Waals surface area contributed by atoms with E-state index >= 15 is 0 Å². The number of carbonyl (C=O) groups is 1. The molecule has 0 spiro atoms. The molecule has 0 aliphatic heterocycles. The summed E-state index contributed by atoms with van der Waals surface area (Å²) in [7, 11) is -0.613. The zero-order valence-electron chi connectivity index (χ0n) is 18.0. The fourth-order valence-corrected chi connectivity index (χ4v) is 4.94. The van der Waals surface area contributed by atoms with Gasteiger partial charge in [-0.25, -0.2) is 17.7 Å². The van der Waals surface area contributed by atoms with Gasteiger partial charge in [0.2, 0.25) is 15.9 Å². The molecule has 1 heterocycles. The van der Waals surface area contributed by atoms with Crippen LogP contribution < -0.4 is 5.32 Å². The molecule has 9 heteroatoms. The third kappa shape index (κ3) is 5.36. The minimum Gasteiger partial charge on any atom is -0.351 e. The van der Waals surface area contributed by atoms with Crippen LogP contribution in [0.4, 0.5) is 0 Å². The van der Waals surface area contributed by atoms with E-state index < -0.39 is 10.0 Å². The summed E-state index contributed by atoms with van der Waals surface area (Å²) in [6, 6.07) is 12.9. The van der Waals surface area contributed by atoms with Gasteiger partial charge in [-0.1, -0.05) is 42.1 Å². The fourth-order valence-electron chi connectivity index (χ4n) is 3.03. The van der Waals surface area contributed by atoms with E-state index in [2.05, 4.69) is 28.5 Å². The first kappa shape index (κ1) is 23.1. The summed E-state index contributed by atoms with van der Waals surface area (Å²) in [6.45, 7) is 4.21. The Morgan fingerprint density at radius 2 is 1.90 bits per heavy atom. The molecular formula is C22H26N4O3S2. The van der Waals surface area contributed by atoms with Crippen molar-refractivity contribution in [3.63, 3.8) is 0 Å². The van der Waals surface area contributed by atoms with Crippen LogP contribution in [0.5, 0.6) is 0 Å². The van der Waals surface area contributed by atoms with Gasteiger partial charge in [-0.2, -0.15) is 0 Å². The van der Waals surface area contributed by atoms with E-state index in [9.17, 15) is 13.2 Å². The Labute approximate surface area is 187 Å². The number of carbonyl (C=O) groups excluding carboxylic acids is 1. The van der Waals surface area contributed by atoms with Gasteiger partial charge in [0.25, 0.3) is 0 Å². The summed E-state index contributed by atoms with van der Waals surface area (Å²) in [5.74, 6) is -0.0256. The van der Waals surface area contributed by atoms with E-state index in [0.717, 1.165) is 26.3 Å². The lowest BCUT2D eigenvalue weighted by Gasteiger charge is -2.15. The number of nitrogens with zero attached hydrogens (tertiary/aromatic N) is 3. The highest BCUT2D eigenvalue weighted by molar-refractivity contribution is 7.99. The molecule has 1 N–H and O–H groups in total. The number of imidazole rings is 1. The molecule has 0 saturated heterocycles. The predicted molar refractivity (Wildman–Crippen MR) is 123 cm³/mol. The van der Waals surface area contributed by atoms with Crippen LogP contribution >= 0.6 is 11.8 Å². The summed E-state index contributed by atoms with van der Waals surface area (Å²) in [5.41, 5.74) is 3.85. The Bertz CT molecular complexity index is 1190. The highest BCUT2D eigenvalue weighted by atomic mass is 32.2. The van der Waals surface area contributed by atoms with Crippen molar-refractivity contribution in [3.8, 4) is 5.69 Å². The van der Waals surface area contributed by atoms with Crippen molar-refractivity contribution in [3.05, 3.63) is 71.5 Å². The topological polar surface area (TPSA) is 84.3 Å². The predicted octanol–water partition coefficient (Wildman–Crippen LogP) is 3.15. The molecule has 1 aromatic heterocycles. The number of amides is 1. The molecule has 0 aliphatic carbocycles. The first-order chi connectivity index (χ1) is 14.7. The maximum absolute atomic E-state index is 12.5. The lowest BCUT2D eigenvalue weighted by Crippen LogP contribution is -2.28. The number of thioether (sulfide) groups is 1. The number of nitrogens with one attached hydrogen (secondary N) is 1. The molecule has 0 saturated carbocycles. The van der Waals surface area contributed by atoms with Crippen LogP contribution in [0.3, 0.4) is 0 Å². The van der Waals surface area contributed by atoms with Gasteiger partial charge in [0.05, 0.1) is 16.3 Å². The number of hydrogen-bond acceptors (Lipinski definition) is 5. The second kappa shape index (κ2) is 9.67. The zero-order chi connectivity index (χ0) is 22.6. The summed E-state index contributed by atoms with van der Waals surface area (Å²) >= 11 is 1.33. The molecule has 0 unspecified atom stereocenters. The fraction of sp³-hybridized carbons (Fsp3) is 0.273. The van der Waals surface area contributed by atoms with Crippen LogP contribution in [0, 0.1) is 13.8 Å². The smallest absolute Gasteiger partial charge is 0.242 e. The third-order valence-electron chi connectivity index (χ3n) is 4.77. The van der Waals surface area contributed by atoms with Gasteiger partial charge >= 0.3 is 0 Å². The molecule has 3 aromatic rings. The summed E-state index contributed by atoms with van der Waals surface area (Å²) in [5, 5.41) is 3.53. The van der Waals surface area contributed by atoms with E-state index in [1.54, 1.807) is 30.5 Å². The SMILES string of the molecule is Cc1ccc(C)c(-n2ccnc2SCC(=O)NCc2ccccc2S(=O)(=O)N(C)C)c1. The largest absolute Gasteiger partial charge is 0.351 e. The molecule has 0 bridgehead atoms. The maximum atomic E-state index is 12.5. The number of aryl methyl sites for hydroxylation is 2. The lowest BCUT2D eigenvalue weighted by atomic mass is 10.1. The Balaban J connectivity index is 1.66. The van der Waals surface area contributed by atoms with Crippen molar-refractivity contribution in [2.24, 2.45) is 0 Å². The summed E-state index contributed by atoms with van der Waals surface area (Å²) in [6.07, 6.45) is 3.59. The van der Waals surface area contributed by atoms with E-state index in [0.29, 0.717) is 5.56 Å². The first-order valence-electron chi connectivity index (χ1n) is 9.71.